The van der Waals surface area contributed by atoms with Crippen molar-refractivity contribution in [1.29, 1.82) is 0 Å². The van der Waals surface area contributed by atoms with E-state index in [1.54, 1.807) is 11.3 Å². The van der Waals surface area contributed by atoms with E-state index >= 15 is 0 Å². The van der Waals surface area contributed by atoms with Gasteiger partial charge in [-0.05, 0) is 37.4 Å². The molecule has 1 aliphatic heterocycles. The molecule has 1 saturated heterocycles. The van der Waals surface area contributed by atoms with Crippen LogP contribution >= 0.6 is 22.9 Å². The van der Waals surface area contributed by atoms with Crippen LogP contribution in [0.1, 0.15) is 31.1 Å². The zero-order chi connectivity index (χ0) is 12.3. The average molecular weight is 273 g/mol. The molecule has 2 unspecified atom stereocenters. The molecule has 96 valence electrons. The Morgan fingerprint density at radius 1 is 1.53 bits per heavy atom. The lowest BCUT2D eigenvalue weighted by Gasteiger charge is -2.38. The molecule has 2 atom stereocenters. The van der Waals surface area contributed by atoms with Gasteiger partial charge < -0.3 is 5.73 Å². The Morgan fingerprint density at radius 3 is 2.94 bits per heavy atom. The second kappa shape index (κ2) is 6.19. The molecule has 2 N–H and O–H groups in total. The van der Waals surface area contributed by atoms with Crippen LogP contribution in [0, 0.1) is 5.92 Å². The van der Waals surface area contributed by atoms with Gasteiger partial charge in [0.15, 0.2) is 0 Å². The molecule has 1 aromatic rings. The number of halogens is 1. The van der Waals surface area contributed by atoms with Gasteiger partial charge in [-0.3, -0.25) is 4.90 Å². The number of hydrogen-bond acceptors (Lipinski definition) is 3. The Hall–Kier alpha value is -0.0900. The number of nitrogens with zero attached hydrogens (tertiary/aromatic N) is 1. The van der Waals surface area contributed by atoms with E-state index in [2.05, 4.69) is 17.9 Å². The van der Waals surface area contributed by atoms with Gasteiger partial charge in [-0.25, -0.2) is 0 Å². The Morgan fingerprint density at radius 2 is 2.35 bits per heavy atom. The van der Waals surface area contributed by atoms with Gasteiger partial charge in [-0.15, -0.1) is 11.3 Å². The third kappa shape index (κ3) is 3.44. The normalized spacial score (nSPS) is 26.3. The van der Waals surface area contributed by atoms with Gasteiger partial charge in [0.2, 0.25) is 0 Å². The molecule has 1 aliphatic rings. The van der Waals surface area contributed by atoms with Gasteiger partial charge in [0, 0.05) is 24.0 Å². The van der Waals surface area contributed by atoms with E-state index < -0.39 is 0 Å². The van der Waals surface area contributed by atoms with Crippen molar-refractivity contribution in [2.24, 2.45) is 11.7 Å². The summed E-state index contributed by atoms with van der Waals surface area (Å²) >= 11 is 7.65. The maximum absolute atomic E-state index is 5.97. The standard InChI is InChI=1S/C13H21ClN2S/c1-2-10-5-6-16(11(7-10)8-15)9-12-3-4-13(14)17-12/h3-4,10-11H,2,5-9,15H2,1H3. The van der Waals surface area contributed by atoms with Crippen molar-refractivity contribution in [2.75, 3.05) is 13.1 Å². The Labute approximate surface area is 113 Å². The molecule has 0 radical (unpaired) electrons. The molecule has 0 aromatic carbocycles. The second-order valence-electron chi connectivity index (χ2n) is 4.86. The van der Waals surface area contributed by atoms with Crippen molar-refractivity contribution in [1.82, 2.24) is 4.90 Å². The fourth-order valence-corrected chi connectivity index (χ4v) is 3.76. The van der Waals surface area contributed by atoms with Gasteiger partial charge in [-0.2, -0.15) is 0 Å². The highest BCUT2D eigenvalue weighted by atomic mass is 35.5. The molecule has 0 spiro atoms. The highest BCUT2D eigenvalue weighted by molar-refractivity contribution is 7.16. The zero-order valence-electron chi connectivity index (χ0n) is 10.4. The summed E-state index contributed by atoms with van der Waals surface area (Å²) in [5.41, 5.74) is 5.91. The lowest BCUT2D eigenvalue weighted by Crippen LogP contribution is -2.45. The van der Waals surface area contributed by atoms with Crippen molar-refractivity contribution in [2.45, 2.75) is 38.8 Å². The summed E-state index contributed by atoms with van der Waals surface area (Å²) in [6.45, 7) is 5.24. The third-order valence-corrected chi connectivity index (χ3v) is 5.00. The third-order valence-electron chi connectivity index (χ3n) is 3.78. The molecule has 2 rings (SSSR count). The lowest BCUT2D eigenvalue weighted by molar-refractivity contribution is 0.108. The van der Waals surface area contributed by atoms with Crippen LogP contribution in [0.3, 0.4) is 0 Å². The second-order valence-corrected chi connectivity index (χ2v) is 6.66. The Bertz CT molecular complexity index is 353. The quantitative estimate of drug-likeness (QED) is 0.911. The molecular weight excluding hydrogens is 252 g/mol. The van der Waals surface area contributed by atoms with Crippen molar-refractivity contribution < 1.29 is 0 Å². The van der Waals surface area contributed by atoms with Gasteiger partial charge in [0.1, 0.15) is 0 Å². The van der Waals surface area contributed by atoms with Crippen LogP contribution in [-0.4, -0.2) is 24.0 Å². The maximum Gasteiger partial charge on any atom is 0.0931 e. The van der Waals surface area contributed by atoms with Crippen LogP contribution in [0.15, 0.2) is 12.1 Å². The Kier molecular flexibility index (Phi) is 4.86. The summed E-state index contributed by atoms with van der Waals surface area (Å²) < 4.78 is 0.882. The van der Waals surface area contributed by atoms with Gasteiger partial charge in [0.25, 0.3) is 0 Å². The molecule has 0 bridgehead atoms. The van der Waals surface area contributed by atoms with Crippen LogP contribution in [0.4, 0.5) is 0 Å². The van der Waals surface area contributed by atoms with E-state index in [0.29, 0.717) is 6.04 Å². The predicted octanol–water partition coefficient (Wildman–Crippen LogP) is 3.35. The number of piperidine rings is 1. The first-order chi connectivity index (χ1) is 8.22. The largest absolute Gasteiger partial charge is 0.329 e. The van der Waals surface area contributed by atoms with Gasteiger partial charge >= 0.3 is 0 Å². The molecule has 0 aliphatic carbocycles. The first-order valence-electron chi connectivity index (χ1n) is 6.41. The minimum atomic E-state index is 0.551. The molecule has 0 amide bonds. The van der Waals surface area contributed by atoms with Crippen molar-refractivity contribution in [3.8, 4) is 0 Å². The van der Waals surface area contributed by atoms with Gasteiger partial charge in [-0.1, -0.05) is 24.9 Å². The van der Waals surface area contributed by atoms with Crippen LogP contribution in [0.5, 0.6) is 0 Å². The summed E-state index contributed by atoms with van der Waals surface area (Å²) in [6.07, 6.45) is 3.85. The molecule has 2 nitrogen and oxygen atoms in total. The van der Waals surface area contributed by atoms with E-state index in [0.717, 1.165) is 23.3 Å². The maximum atomic E-state index is 5.97. The first kappa shape index (κ1) is 13.3. The van der Waals surface area contributed by atoms with E-state index in [4.69, 9.17) is 17.3 Å². The minimum absolute atomic E-state index is 0.551. The summed E-state index contributed by atoms with van der Waals surface area (Å²) in [5.74, 6) is 0.867. The SMILES string of the molecule is CCC1CCN(Cc2ccc(Cl)s2)C(CN)C1. The van der Waals surface area contributed by atoms with E-state index in [9.17, 15) is 0 Å². The summed E-state index contributed by atoms with van der Waals surface area (Å²) in [4.78, 5) is 3.87. The monoisotopic (exact) mass is 272 g/mol. The molecule has 4 heteroatoms. The highest BCUT2D eigenvalue weighted by Gasteiger charge is 2.26. The molecule has 1 aromatic heterocycles. The molecule has 2 heterocycles. The zero-order valence-corrected chi connectivity index (χ0v) is 11.9. The summed E-state index contributed by atoms with van der Waals surface area (Å²) in [7, 11) is 0. The van der Waals surface area contributed by atoms with E-state index in [1.165, 1.54) is 30.7 Å². The number of nitrogens with two attached hydrogens (primary N) is 1. The first-order valence-corrected chi connectivity index (χ1v) is 7.60. The van der Waals surface area contributed by atoms with Crippen LogP contribution in [0.25, 0.3) is 0 Å². The van der Waals surface area contributed by atoms with Crippen LogP contribution < -0.4 is 5.73 Å². The fourth-order valence-electron chi connectivity index (χ4n) is 2.64. The molecule has 17 heavy (non-hydrogen) atoms. The number of likely N-dealkylation sites (tertiary alicyclic amines) is 1. The van der Waals surface area contributed by atoms with Crippen molar-refractivity contribution in [3.05, 3.63) is 21.3 Å². The van der Waals surface area contributed by atoms with Crippen LogP contribution in [-0.2, 0) is 6.54 Å². The lowest BCUT2D eigenvalue weighted by atomic mass is 9.89. The smallest absolute Gasteiger partial charge is 0.0931 e. The van der Waals surface area contributed by atoms with Crippen LogP contribution in [0.2, 0.25) is 4.34 Å². The van der Waals surface area contributed by atoms with E-state index in [1.807, 2.05) is 6.07 Å². The van der Waals surface area contributed by atoms with E-state index in [-0.39, 0.29) is 0 Å². The highest BCUT2D eigenvalue weighted by Crippen LogP contribution is 2.28. The topological polar surface area (TPSA) is 29.3 Å². The summed E-state index contributed by atoms with van der Waals surface area (Å²) in [6, 6.07) is 4.67. The average Bonchev–Trinajstić information content (AvgIpc) is 2.75. The number of hydrogen-bond donors (Lipinski definition) is 1. The van der Waals surface area contributed by atoms with Crippen molar-refractivity contribution >= 4 is 22.9 Å². The van der Waals surface area contributed by atoms with Gasteiger partial charge in [0.05, 0.1) is 4.34 Å². The Balaban J connectivity index is 1.95. The minimum Gasteiger partial charge on any atom is -0.329 e. The predicted molar refractivity (Wildman–Crippen MR) is 75.6 cm³/mol. The molecule has 0 saturated carbocycles. The fraction of sp³-hybridized carbons (Fsp3) is 0.692. The molecule has 1 fully saturated rings. The molecular formula is C13H21ClN2S. The van der Waals surface area contributed by atoms with Crippen molar-refractivity contribution in [3.63, 3.8) is 0 Å². The number of rotatable bonds is 4. The summed E-state index contributed by atoms with van der Waals surface area (Å²) in [5, 5.41) is 0. The number of thiophene rings is 1.